The van der Waals surface area contributed by atoms with Gasteiger partial charge >= 0.3 is 0 Å². The SMILES string of the molecule is c1ccc(-c2ccc(N(c3ccc4c(ccc5c6ccccc6oc45)c3)c3cccc4c3Oc3ccccc3C43c4ccccc4-c4ccccc43)cc2)cc1. The molecule has 3 nitrogen and oxygen atoms in total. The van der Waals surface area contributed by atoms with Gasteiger partial charge in [0.15, 0.2) is 5.75 Å². The van der Waals surface area contributed by atoms with Crippen LogP contribution in [-0.2, 0) is 5.41 Å². The van der Waals surface area contributed by atoms with Crippen molar-refractivity contribution in [3.8, 4) is 33.8 Å². The van der Waals surface area contributed by atoms with E-state index in [1.54, 1.807) is 0 Å². The van der Waals surface area contributed by atoms with Gasteiger partial charge in [0.2, 0.25) is 0 Å². The van der Waals surface area contributed by atoms with E-state index in [0.29, 0.717) is 0 Å². The van der Waals surface area contributed by atoms with Crippen LogP contribution in [0.2, 0.25) is 0 Å². The Balaban J connectivity index is 1.11. The Morgan fingerprint density at radius 1 is 0.411 bits per heavy atom. The summed E-state index contributed by atoms with van der Waals surface area (Å²) in [7, 11) is 0. The first-order chi connectivity index (χ1) is 27.8. The normalized spacial score (nSPS) is 13.3. The summed E-state index contributed by atoms with van der Waals surface area (Å²) in [6, 6.07) is 71.8. The van der Waals surface area contributed by atoms with Crippen LogP contribution in [0.1, 0.15) is 22.3 Å². The third-order valence-corrected chi connectivity index (χ3v) is 11.9. The fourth-order valence-corrected chi connectivity index (χ4v) is 9.54. The number of rotatable bonds is 4. The highest BCUT2D eigenvalue weighted by Gasteiger charge is 2.51. The molecular formula is C53H33NO2. The van der Waals surface area contributed by atoms with Crippen molar-refractivity contribution in [3.63, 3.8) is 0 Å². The molecule has 10 aromatic rings. The number of ether oxygens (including phenoxy) is 1. The maximum Gasteiger partial charge on any atom is 0.156 e. The van der Waals surface area contributed by atoms with Crippen LogP contribution in [0.15, 0.2) is 205 Å². The van der Waals surface area contributed by atoms with Gasteiger partial charge in [-0.15, -0.1) is 0 Å². The molecule has 0 unspecified atom stereocenters. The molecule has 2 heterocycles. The summed E-state index contributed by atoms with van der Waals surface area (Å²) in [5, 5.41) is 4.44. The monoisotopic (exact) mass is 715 g/mol. The van der Waals surface area contributed by atoms with E-state index in [-0.39, 0.29) is 0 Å². The van der Waals surface area contributed by atoms with Crippen molar-refractivity contribution in [2.45, 2.75) is 5.41 Å². The van der Waals surface area contributed by atoms with E-state index in [4.69, 9.17) is 9.15 Å². The Kier molecular flexibility index (Phi) is 6.55. The first kappa shape index (κ1) is 31.0. The molecule has 0 atom stereocenters. The lowest BCUT2D eigenvalue weighted by Crippen LogP contribution is -2.32. The van der Waals surface area contributed by atoms with Crippen molar-refractivity contribution in [2.24, 2.45) is 0 Å². The van der Waals surface area contributed by atoms with E-state index in [2.05, 4.69) is 193 Å². The zero-order chi connectivity index (χ0) is 36.8. The van der Waals surface area contributed by atoms with E-state index in [1.807, 2.05) is 12.1 Å². The van der Waals surface area contributed by atoms with Crippen LogP contribution in [0, 0.1) is 0 Å². The van der Waals surface area contributed by atoms with Crippen LogP contribution in [0.5, 0.6) is 11.5 Å². The Bertz CT molecular complexity index is 3130. The minimum absolute atomic E-state index is 0.563. The van der Waals surface area contributed by atoms with E-state index >= 15 is 0 Å². The molecule has 3 heteroatoms. The van der Waals surface area contributed by atoms with Crippen molar-refractivity contribution >= 4 is 49.8 Å². The van der Waals surface area contributed by atoms with Gasteiger partial charge in [-0.2, -0.15) is 0 Å². The fraction of sp³-hybridized carbons (Fsp3) is 0.0189. The predicted octanol–water partition coefficient (Wildman–Crippen LogP) is 14.3. The zero-order valence-corrected chi connectivity index (χ0v) is 30.3. The van der Waals surface area contributed by atoms with Crippen LogP contribution in [0.3, 0.4) is 0 Å². The van der Waals surface area contributed by atoms with Gasteiger partial charge in [0, 0.05) is 38.7 Å². The minimum atomic E-state index is -0.563. The summed E-state index contributed by atoms with van der Waals surface area (Å²) in [5.74, 6) is 1.71. The molecule has 262 valence electrons. The first-order valence-corrected chi connectivity index (χ1v) is 19.2. The highest BCUT2D eigenvalue weighted by atomic mass is 16.5. The number of fused-ring (bicyclic) bond motifs is 14. The molecule has 0 saturated heterocycles. The standard InChI is InChI=1S/C53H33NO2/c1-2-13-34(14-3-1)35-25-28-37(29-26-35)54(38-30-32-39-36(33-38)27-31-43-42-17-6-10-23-49(42)55-51(39)43)48-22-12-21-47-52(48)56-50-24-11-9-20-46(50)53(47)44-18-7-4-15-40(44)41-16-5-8-19-45(41)53/h1-33H. The second kappa shape index (κ2) is 11.8. The number of para-hydroxylation sites is 3. The van der Waals surface area contributed by atoms with Gasteiger partial charge in [0.25, 0.3) is 0 Å². The molecule has 1 aliphatic heterocycles. The van der Waals surface area contributed by atoms with Gasteiger partial charge in [0.05, 0.1) is 11.1 Å². The smallest absolute Gasteiger partial charge is 0.156 e. The molecule has 0 bridgehead atoms. The molecule has 9 aromatic carbocycles. The summed E-state index contributed by atoms with van der Waals surface area (Å²) in [6.07, 6.45) is 0. The third kappa shape index (κ3) is 4.28. The largest absolute Gasteiger partial charge is 0.455 e. The minimum Gasteiger partial charge on any atom is -0.455 e. The lowest BCUT2D eigenvalue weighted by molar-refractivity contribution is 0.437. The van der Waals surface area contributed by atoms with Crippen LogP contribution >= 0.6 is 0 Å². The summed E-state index contributed by atoms with van der Waals surface area (Å²) in [4.78, 5) is 2.35. The van der Waals surface area contributed by atoms with Crippen molar-refractivity contribution in [2.75, 3.05) is 4.90 Å². The molecule has 0 radical (unpaired) electrons. The highest BCUT2D eigenvalue weighted by molar-refractivity contribution is 6.15. The molecule has 0 fully saturated rings. The molecule has 0 amide bonds. The Morgan fingerprint density at radius 2 is 1.04 bits per heavy atom. The Hall–Kier alpha value is -7.36. The Morgan fingerprint density at radius 3 is 1.84 bits per heavy atom. The van der Waals surface area contributed by atoms with E-state index in [0.717, 1.165) is 72.4 Å². The van der Waals surface area contributed by atoms with Crippen molar-refractivity contribution < 1.29 is 9.15 Å². The molecule has 0 saturated carbocycles. The number of hydrogen-bond acceptors (Lipinski definition) is 3. The van der Waals surface area contributed by atoms with Crippen molar-refractivity contribution in [1.29, 1.82) is 0 Å². The van der Waals surface area contributed by atoms with Crippen LogP contribution in [-0.4, -0.2) is 0 Å². The molecule has 1 aromatic heterocycles. The quantitative estimate of drug-likeness (QED) is 0.181. The summed E-state index contributed by atoms with van der Waals surface area (Å²) in [5.41, 5.74) is 14.0. The van der Waals surface area contributed by atoms with Gasteiger partial charge in [0.1, 0.15) is 16.9 Å². The maximum atomic E-state index is 7.16. The van der Waals surface area contributed by atoms with Crippen molar-refractivity contribution in [3.05, 3.63) is 222 Å². The van der Waals surface area contributed by atoms with Crippen molar-refractivity contribution in [1.82, 2.24) is 0 Å². The Labute approximate surface area is 324 Å². The van der Waals surface area contributed by atoms with Gasteiger partial charge in [-0.25, -0.2) is 0 Å². The number of nitrogens with zero attached hydrogens (tertiary/aromatic N) is 1. The number of hydrogen-bond donors (Lipinski definition) is 0. The average Bonchev–Trinajstić information content (AvgIpc) is 3.79. The van der Waals surface area contributed by atoms with Crippen LogP contribution in [0.25, 0.3) is 55.0 Å². The molecular weight excluding hydrogens is 683 g/mol. The third-order valence-electron chi connectivity index (χ3n) is 11.9. The zero-order valence-electron chi connectivity index (χ0n) is 30.3. The van der Waals surface area contributed by atoms with Gasteiger partial charge < -0.3 is 14.1 Å². The van der Waals surface area contributed by atoms with Gasteiger partial charge in [-0.1, -0.05) is 146 Å². The maximum absolute atomic E-state index is 7.16. The number of benzene rings is 9. The molecule has 1 aliphatic carbocycles. The second-order valence-corrected chi connectivity index (χ2v) is 14.8. The summed E-state index contributed by atoms with van der Waals surface area (Å²) in [6.45, 7) is 0. The van der Waals surface area contributed by atoms with E-state index in [1.165, 1.54) is 33.4 Å². The number of furan rings is 1. The predicted molar refractivity (Wildman–Crippen MR) is 229 cm³/mol. The second-order valence-electron chi connectivity index (χ2n) is 14.8. The molecule has 12 rings (SSSR count). The average molecular weight is 716 g/mol. The molecule has 1 spiro atoms. The first-order valence-electron chi connectivity index (χ1n) is 19.2. The lowest BCUT2D eigenvalue weighted by atomic mass is 9.66. The van der Waals surface area contributed by atoms with Gasteiger partial charge in [-0.05, 0) is 93.4 Å². The van der Waals surface area contributed by atoms with Crippen LogP contribution in [0.4, 0.5) is 17.1 Å². The summed E-state index contributed by atoms with van der Waals surface area (Å²) < 4.78 is 13.6. The van der Waals surface area contributed by atoms with E-state index < -0.39 is 5.41 Å². The van der Waals surface area contributed by atoms with Gasteiger partial charge in [-0.3, -0.25) is 0 Å². The lowest BCUT2D eigenvalue weighted by Gasteiger charge is -2.41. The van der Waals surface area contributed by atoms with Crippen LogP contribution < -0.4 is 9.64 Å². The molecule has 2 aliphatic rings. The number of anilines is 3. The fourth-order valence-electron chi connectivity index (χ4n) is 9.54. The molecule has 0 N–H and O–H groups in total. The highest BCUT2D eigenvalue weighted by Crippen LogP contribution is 2.63. The van der Waals surface area contributed by atoms with E-state index in [9.17, 15) is 0 Å². The summed E-state index contributed by atoms with van der Waals surface area (Å²) >= 11 is 0. The topological polar surface area (TPSA) is 25.6 Å². The molecule has 56 heavy (non-hydrogen) atoms.